The average Bonchev–Trinajstić information content (AvgIpc) is 2.81. The molecule has 6 nitrogen and oxygen atoms in total. The molecule has 6 heteroatoms. The van der Waals surface area contributed by atoms with Crippen LogP contribution < -0.4 is 9.47 Å². The third-order valence-electron chi connectivity index (χ3n) is 5.22. The van der Waals surface area contributed by atoms with Crippen molar-refractivity contribution < 1.29 is 24.1 Å². The number of hydrogen-bond acceptors (Lipinski definition) is 5. The molecule has 0 spiro atoms. The Labute approximate surface area is 195 Å². The summed E-state index contributed by atoms with van der Waals surface area (Å²) in [7, 11) is 0. The molecule has 0 aliphatic carbocycles. The van der Waals surface area contributed by atoms with Crippen LogP contribution in [0.25, 0.3) is 11.3 Å². The van der Waals surface area contributed by atoms with E-state index < -0.39 is 12.1 Å². The fourth-order valence-corrected chi connectivity index (χ4v) is 3.40. The molecule has 3 rings (SSSR count). The van der Waals surface area contributed by atoms with E-state index >= 15 is 0 Å². The summed E-state index contributed by atoms with van der Waals surface area (Å²) in [6.45, 7) is 8.68. The standard InChI is InChI=1S/C27H31NO5/c1-5-31-16-26(33-22-13-14-25(19(4)15-22)32-17-27(29)30)24-8-6-7-23(28-24)21-11-9-20(10-12-21)18(2)3/h6-15,18,26H,5,16-17H2,1-4H3,(H,29,30)/t26-/m0/s1. The fourth-order valence-electron chi connectivity index (χ4n) is 3.40. The topological polar surface area (TPSA) is 77.9 Å². The molecule has 1 atom stereocenters. The van der Waals surface area contributed by atoms with E-state index in [-0.39, 0.29) is 6.61 Å². The van der Waals surface area contributed by atoms with E-state index in [4.69, 9.17) is 24.3 Å². The summed E-state index contributed by atoms with van der Waals surface area (Å²) in [5.41, 5.74) is 4.78. The van der Waals surface area contributed by atoms with Gasteiger partial charge in [-0.05, 0) is 61.2 Å². The highest BCUT2D eigenvalue weighted by molar-refractivity contribution is 5.68. The molecule has 0 fully saturated rings. The van der Waals surface area contributed by atoms with Gasteiger partial charge in [-0.15, -0.1) is 0 Å². The zero-order valence-electron chi connectivity index (χ0n) is 19.6. The van der Waals surface area contributed by atoms with Gasteiger partial charge < -0.3 is 19.3 Å². The predicted octanol–water partition coefficient (Wildman–Crippen LogP) is 5.80. The van der Waals surface area contributed by atoms with Crippen molar-refractivity contribution in [2.75, 3.05) is 19.8 Å². The van der Waals surface area contributed by atoms with Crippen molar-refractivity contribution in [1.82, 2.24) is 4.98 Å². The van der Waals surface area contributed by atoms with Crippen LogP contribution in [0.5, 0.6) is 11.5 Å². The maximum Gasteiger partial charge on any atom is 0.341 e. The van der Waals surface area contributed by atoms with Crippen molar-refractivity contribution >= 4 is 5.97 Å². The van der Waals surface area contributed by atoms with Gasteiger partial charge in [-0.3, -0.25) is 0 Å². The Morgan fingerprint density at radius 1 is 1.06 bits per heavy atom. The number of pyridine rings is 1. The maximum atomic E-state index is 10.8. The Kier molecular flexibility index (Phi) is 8.44. The van der Waals surface area contributed by atoms with Gasteiger partial charge in [0.05, 0.1) is 18.0 Å². The molecule has 3 aromatic rings. The highest BCUT2D eigenvalue weighted by atomic mass is 16.5. The number of aryl methyl sites for hydroxylation is 1. The highest BCUT2D eigenvalue weighted by Crippen LogP contribution is 2.29. The Bertz CT molecular complexity index is 1060. The molecule has 0 radical (unpaired) electrons. The summed E-state index contributed by atoms with van der Waals surface area (Å²) >= 11 is 0. The van der Waals surface area contributed by atoms with E-state index in [1.165, 1.54) is 5.56 Å². The van der Waals surface area contributed by atoms with E-state index in [2.05, 4.69) is 38.1 Å². The zero-order chi connectivity index (χ0) is 23.8. The van der Waals surface area contributed by atoms with Gasteiger partial charge in [0.25, 0.3) is 0 Å². The van der Waals surface area contributed by atoms with Gasteiger partial charge in [0.1, 0.15) is 11.5 Å². The van der Waals surface area contributed by atoms with Crippen molar-refractivity contribution in [3.05, 3.63) is 77.5 Å². The molecule has 0 aliphatic rings. The minimum atomic E-state index is -1.02. The first-order valence-corrected chi connectivity index (χ1v) is 11.1. The van der Waals surface area contributed by atoms with Crippen molar-refractivity contribution in [2.24, 2.45) is 0 Å². The van der Waals surface area contributed by atoms with Crippen LogP contribution in [0.1, 0.15) is 49.6 Å². The van der Waals surface area contributed by atoms with Gasteiger partial charge in [-0.1, -0.05) is 44.2 Å². The second kappa shape index (κ2) is 11.5. The molecule has 1 aromatic heterocycles. The summed E-state index contributed by atoms with van der Waals surface area (Å²) < 4.78 is 17.2. The Morgan fingerprint density at radius 3 is 2.45 bits per heavy atom. The average molecular weight is 450 g/mol. The van der Waals surface area contributed by atoms with Gasteiger partial charge in [0.2, 0.25) is 0 Å². The number of aromatic nitrogens is 1. The van der Waals surface area contributed by atoms with Crippen LogP contribution in [0, 0.1) is 6.92 Å². The molecule has 2 aromatic carbocycles. The van der Waals surface area contributed by atoms with E-state index in [1.54, 1.807) is 12.1 Å². The molecular weight excluding hydrogens is 418 g/mol. The van der Waals surface area contributed by atoms with Crippen LogP contribution in [-0.2, 0) is 9.53 Å². The SMILES string of the molecule is CCOC[C@H](Oc1ccc(OCC(=O)O)c(C)c1)c1cccc(-c2ccc(C(C)C)cc2)n1. The van der Waals surface area contributed by atoms with Crippen LogP contribution in [-0.4, -0.2) is 35.9 Å². The molecule has 0 saturated carbocycles. The monoisotopic (exact) mass is 449 g/mol. The first-order valence-electron chi connectivity index (χ1n) is 11.1. The zero-order valence-corrected chi connectivity index (χ0v) is 19.6. The molecule has 174 valence electrons. The van der Waals surface area contributed by atoms with Crippen LogP contribution in [0.3, 0.4) is 0 Å². The summed E-state index contributed by atoms with van der Waals surface area (Å²) in [5.74, 6) is 0.604. The second-order valence-electron chi connectivity index (χ2n) is 8.10. The molecule has 1 heterocycles. The Hall–Kier alpha value is -3.38. The maximum absolute atomic E-state index is 10.8. The highest BCUT2D eigenvalue weighted by Gasteiger charge is 2.17. The molecule has 0 unspecified atom stereocenters. The summed E-state index contributed by atoms with van der Waals surface area (Å²) in [6.07, 6.45) is -0.398. The van der Waals surface area contributed by atoms with Crippen molar-refractivity contribution in [3.8, 4) is 22.8 Å². The number of rotatable bonds is 11. The largest absolute Gasteiger partial charge is 0.482 e. The van der Waals surface area contributed by atoms with Crippen LogP contribution in [0.4, 0.5) is 0 Å². The van der Waals surface area contributed by atoms with Gasteiger partial charge in [0.15, 0.2) is 12.7 Å². The summed E-state index contributed by atoms with van der Waals surface area (Å²) in [4.78, 5) is 15.6. The van der Waals surface area contributed by atoms with Gasteiger partial charge >= 0.3 is 5.97 Å². The molecule has 1 N–H and O–H groups in total. The Morgan fingerprint density at radius 2 is 1.82 bits per heavy atom. The number of nitrogens with zero attached hydrogens (tertiary/aromatic N) is 1. The van der Waals surface area contributed by atoms with E-state index in [9.17, 15) is 4.79 Å². The minimum Gasteiger partial charge on any atom is -0.482 e. The normalized spacial score (nSPS) is 11.9. The fraction of sp³-hybridized carbons (Fsp3) is 0.333. The lowest BCUT2D eigenvalue weighted by Crippen LogP contribution is -2.16. The van der Waals surface area contributed by atoms with Gasteiger partial charge in [0, 0.05) is 12.2 Å². The molecule has 0 amide bonds. The lowest BCUT2D eigenvalue weighted by molar-refractivity contribution is -0.139. The van der Waals surface area contributed by atoms with Crippen LogP contribution >= 0.6 is 0 Å². The van der Waals surface area contributed by atoms with Crippen molar-refractivity contribution in [1.29, 1.82) is 0 Å². The van der Waals surface area contributed by atoms with E-state index in [0.29, 0.717) is 30.6 Å². The quantitative estimate of drug-likeness (QED) is 0.399. The molecular formula is C27H31NO5. The van der Waals surface area contributed by atoms with Gasteiger partial charge in [-0.25, -0.2) is 9.78 Å². The first-order chi connectivity index (χ1) is 15.9. The second-order valence-corrected chi connectivity index (χ2v) is 8.10. The summed E-state index contributed by atoms with van der Waals surface area (Å²) in [6, 6.07) is 19.7. The molecule has 0 saturated heterocycles. The van der Waals surface area contributed by atoms with Crippen LogP contribution in [0.15, 0.2) is 60.7 Å². The first kappa shape index (κ1) is 24.3. The number of ether oxygens (including phenoxy) is 3. The molecule has 0 bridgehead atoms. The number of carbonyl (C=O) groups is 1. The number of benzene rings is 2. The van der Waals surface area contributed by atoms with Crippen molar-refractivity contribution in [2.45, 2.75) is 39.7 Å². The Balaban J connectivity index is 1.82. The minimum absolute atomic E-state index is 0.357. The number of hydrogen-bond donors (Lipinski definition) is 1. The van der Waals surface area contributed by atoms with Crippen molar-refractivity contribution in [3.63, 3.8) is 0 Å². The van der Waals surface area contributed by atoms with Gasteiger partial charge in [-0.2, -0.15) is 0 Å². The third kappa shape index (κ3) is 6.80. The predicted molar refractivity (Wildman–Crippen MR) is 128 cm³/mol. The van der Waals surface area contributed by atoms with E-state index in [1.807, 2.05) is 38.1 Å². The summed E-state index contributed by atoms with van der Waals surface area (Å²) in [5, 5.41) is 8.82. The van der Waals surface area contributed by atoms with E-state index in [0.717, 1.165) is 22.5 Å². The number of carboxylic acids is 1. The number of carboxylic acid groups (broad SMARTS) is 1. The number of aliphatic carboxylic acids is 1. The smallest absolute Gasteiger partial charge is 0.341 e. The molecule has 0 aliphatic heterocycles. The molecule has 33 heavy (non-hydrogen) atoms. The van der Waals surface area contributed by atoms with Crippen LogP contribution in [0.2, 0.25) is 0 Å². The lowest BCUT2D eigenvalue weighted by atomic mass is 10.0. The third-order valence-corrected chi connectivity index (χ3v) is 5.22. The lowest BCUT2D eigenvalue weighted by Gasteiger charge is -2.20.